The Balaban J connectivity index is 1.78. The maximum absolute atomic E-state index is 6.27. The third kappa shape index (κ3) is 4.97. The minimum absolute atomic E-state index is 0.291. The number of nitrogens with zero attached hydrogens (tertiary/aromatic N) is 3. The molecule has 0 spiro atoms. The fourth-order valence-electron chi connectivity index (χ4n) is 2.78. The van der Waals surface area contributed by atoms with Crippen LogP contribution in [-0.2, 0) is 12.3 Å². The lowest BCUT2D eigenvalue weighted by Gasteiger charge is -2.17. The Morgan fingerprint density at radius 1 is 1.14 bits per heavy atom. The predicted octanol–water partition coefficient (Wildman–Crippen LogP) is 6.17. The number of hydrogen-bond donors (Lipinski definition) is 0. The standard InChI is InChI=1S/C22H24ClN3OS/c1-5-12-26-21(17(4)27-20-13-16(3)8-11-19(20)23)24-25-22(26)28-14-18-9-6-15(2)7-10-18/h5-11,13,17H,1,12,14H2,2-4H3. The van der Waals surface area contributed by atoms with Crippen molar-refractivity contribution in [3.63, 3.8) is 0 Å². The number of hydrogen-bond acceptors (Lipinski definition) is 4. The zero-order valence-electron chi connectivity index (χ0n) is 16.4. The number of halogens is 1. The second-order valence-electron chi connectivity index (χ2n) is 6.71. The highest BCUT2D eigenvalue weighted by molar-refractivity contribution is 7.98. The number of thioether (sulfide) groups is 1. The van der Waals surface area contributed by atoms with E-state index in [0.717, 1.165) is 22.3 Å². The van der Waals surface area contributed by atoms with Gasteiger partial charge in [0.2, 0.25) is 0 Å². The van der Waals surface area contributed by atoms with E-state index in [0.29, 0.717) is 17.3 Å². The van der Waals surface area contributed by atoms with Crippen molar-refractivity contribution in [2.75, 3.05) is 0 Å². The average molecular weight is 414 g/mol. The first-order valence-electron chi connectivity index (χ1n) is 9.13. The van der Waals surface area contributed by atoms with Gasteiger partial charge in [0.05, 0.1) is 5.02 Å². The van der Waals surface area contributed by atoms with Gasteiger partial charge < -0.3 is 4.74 Å². The van der Waals surface area contributed by atoms with E-state index in [-0.39, 0.29) is 6.10 Å². The molecule has 0 N–H and O–H groups in total. The Bertz CT molecular complexity index is 953. The van der Waals surface area contributed by atoms with E-state index >= 15 is 0 Å². The molecule has 0 amide bonds. The SMILES string of the molecule is C=CCn1c(SCc2ccc(C)cc2)nnc1C(C)Oc1cc(C)ccc1Cl. The summed E-state index contributed by atoms with van der Waals surface area (Å²) >= 11 is 7.93. The van der Waals surface area contributed by atoms with Crippen molar-refractivity contribution < 1.29 is 4.74 Å². The molecular weight excluding hydrogens is 390 g/mol. The topological polar surface area (TPSA) is 39.9 Å². The molecule has 1 unspecified atom stereocenters. The molecule has 28 heavy (non-hydrogen) atoms. The largest absolute Gasteiger partial charge is 0.481 e. The molecule has 6 heteroatoms. The minimum atomic E-state index is -0.291. The van der Waals surface area contributed by atoms with Crippen molar-refractivity contribution in [2.45, 2.75) is 44.3 Å². The molecular formula is C22H24ClN3OS. The molecule has 3 rings (SSSR count). The second kappa shape index (κ2) is 9.30. The predicted molar refractivity (Wildman–Crippen MR) is 116 cm³/mol. The Kier molecular flexibility index (Phi) is 6.81. The summed E-state index contributed by atoms with van der Waals surface area (Å²) in [7, 11) is 0. The first kappa shape index (κ1) is 20.5. The average Bonchev–Trinajstić information content (AvgIpc) is 3.07. The van der Waals surface area contributed by atoms with Crippen molar-refractivity contribution in [1.82, 2.24) is 14.8 Å². The van der Waals surface area contributed by atoms with Crippen molar-refractivity contribution >= 4 is 23.4 Å². The van der Waals surface area contributed by atoms with Crippen molar-refractivity contribution in [2.24, 2.45) is 0 Å². The number of aromatic nitrogens is 3. The lowest BCUT2D eigenvalue weighted by atomic mass is 10.2. The van der Waals surface area contributed by atoms with Gasteiger partial charge in [0.25, 0.3) is 0 Å². The zero-order valence-corrected chi connectivity index (χ0v) is 17.9. The molecule has 3 aromatic rings. The molecule has 0 aliphatic heterocycles. The van der Waals surface area contributed by atoms with Gasteiger partial charge in [-0.2, -0.15) is 0 Å². The van der Waals surface area contributed by atoms with Crippen molar-refractivity contribution in [1.29, 1.82) is 0 Å². The van der Waals surface area contributed by atoms with Gasteiger partial charge in [-0.15, -0.1) is 16.8 Å². The lowest BCUT2D eigenvalue weighted by molar-refractivity contribution is 0.210. The normalized spacial score (nSPS) is 12.0. The molecule has 1 heterocycles. The first-order valence-corrected chi connectivity index (χ1v) is 10.5. The van der Waals surface area contributed by atoms with Crippen LogP contribution in [0.1, 0.15) is 35.5 Å². The highest BCUT2D eigenvalue weighted by Crippen LogP contribution is 2.31. The number of ether oxygens (including phenoxy) is 1. The van der Waals surface area contributed by atoms with E-state index < -0.39 is 0 Å². The van der Waals surface area contributed by atoms with Crippen molar-refractivity contribution in [3.05, 3.63) is 82.7 Å². The Morgan fingerprint density at radius 2 is 1.86 bits per heavy atom. The summed E-state index contributed by atoms with van der Waals surface area (Å²) < 4.78 is 8.13. The third-order valence-electron chi connectivity index (χ3n) is 4.30. The van der Waals surface area contributed by atoms with Crippen LogP contribution >= 0.6 is 23.4 Å². The highest BCUT2D eigenvalue weighted by Gasteiger charge is 2.20. The molecule has 1 aromatic heterocycles. The molecule has 0 saturated heterocycles. The number of benzene rings is 2. The van der Waals surface area contributed by atoms with E-state index in [9.17, 15) is 0 Å². The summed E-state index contributed by atoms with van der Waals surface area (Å²) in [5.41, 5.74) is 3.60. The van der Waals surface area contributed by atoms with Crippen LogP contribution in [0.5, 0.6) is 5.75 Å². The monoisotopic (exact) mass is 413 g/mol. The maximum atomic E-state index is 6.27. The smallest absolute Gasteiger partial charge is 0.191 e. The second-order valence-corrected chi connectivity index (χ2v) is 8.06. The molecule has 0 aliphatic carbocycles. The number of aryl methyl sites for hydroxylation is 2. The van der Waals surface area contributed by atoms with Crippen LogP contribution in [0.4, 0.5) is 0 Å². The zero-order chi connectivity index (χ0) is 20.1. The Morgan fingerprint density at radius 3 is 2.57 bits per heavy atom. The molecule has 0 bridgehead atoms. The maximum Gasteiger partial charge on any atom is 0.191 e. The van der Waals surface area contributed by atoms with E-state index in [1.54, 1.807) is 11.8 Å². The van der Waals surface area contributed by atoms with Crippen LogP contribution in [0, 0.1) is 13.8 Å². The first-order chi connectivity index (χ1) is 13.5. The van der Waals surface area contributed by atoms with Gasteiger partial charge in [-0.05, 0) is 44.0 Å². The summed E-state index contributed by atoms with van der Waals surface area (Å²) in [6.07, 6.45) is 1.55. The fraction of sp³-hybridized carbons (Fsp3) is 0.273. The lowest BCUT2D eigenvalue weighted by Crippen LogP contribution is -2.12. The molecule has 1 atom stereocenters. The molecule has 4 nitrogen and oxygen atoms in total. The molecule has 0 aliphatic rings. The summed E-state index contributed by atoms with van der Waals surface area (Å²) in [5.74, 6) is 2.23. The van der Waals surface area contributed by atoms with Gasteiger partial charge in [0.15, 0.2) is 17.1 Å². The van der Waals surface area contributed by atoms with Gasteiger partial charge >= 0.3 is 0 Å². The van der Waals surface area contributed by atoms with Gasteiger partial charge in [-0.3, -0.25) is 4.57 Å². The van der Waals surface area contributed by atoms with Crippen LogP contribution < -0.4 is 4.74 Å². The van der Waals surface area contributed by atoms with Crippen molar-refractivity contribution in [3.8, 4) is 5.75 Å². The summed E-state index contributed by atoms with van der Waals surface area (Å²) in [6, 6.07) is 14.3. The van der Waals surface area contributed by atoms with Crippen LogP contribution in [0.3, 0.4) is 0 Å². The number of rotatable bonds is 8. The number of allylic oxidation sites excluding steroid dienone is 1. The quantitative estimate of drug-likeness (QED) is 0.327. The summed E-state index contributed by atoms with van der Waals surface area (Å²) in [5, 5.41) is 10.2. The fourth-order valence-corrected chi connectivity index (χ4v) is 3.86. The Labute approximate surface area is 175 Å². The summed E-state index contributed by atoms with van der Waals surface area (Å²) in [4.78, 5) is 0. The van der Waals surface area contributed by atoms with E-state index in [2.05, 4.69) is 48.0 Å². The van der Waals surface area contributed by atoms with Crippen LogP contribution in [0.15, 0.2) is 60.3 Å². The Hall–Kier alpha value is -2.24. The van der Waals surface area contributed by atoms with Crippen LogP contribution in [-0.4, -0.2) is 14.8 Å². The minimum Gasteiger partial charge on any atom is -0.481 e. The molecule has 2 aromatic carbocycles. The van der Waals surface area contributed by atoms with Crippen LogP contribution in [0.2, 0.25) is 5.02 Å². The molecule has 146 valence electrons. The highest BCUT2D eigenvalue weighted by atomic mass is 35.5. The molecule has 0 saturated carbocycles. The molecule has 0 radical (unpaired) electrons. The van der Waals surface area contributed by atoms with E-state index in [4.69, 9.17) is 16.3 Å². The van der Waals surface area contributed by atoms with E-state index in [1.165, 1.54) is 11.1 Å². The molecule has 0 fully saturated rings. The van der Waals surface area contributed by atoms with Gasteiger partial charge in [0, 0.05) is 12.3 Å². The van der Waals surface area contributed by atoms with Crippen LogP contribution in [0.25, 0.3) is 0 Å². The van der Waals surface area contributed by atoms with Gasteiger partial charge in [0.1, 0.15) is 5.75 Å². The van der Waals surface area contributed by atoms with E-state index in [1.807, 2.05) is 42.7 Å². The summed E-state index contributed by atoms with van der Waals surface area (Å²) in [6.45, 7) is 10.5. The van der Waals surface area contributed by atoms with Gasteiger partial charge in [-0.25, -0.2) is 0 Å². The third-order valence-corrected chi connectivity index (χ3v) is 5.65. The van der Waals surface area contributed by atoms with Gasteiger partial charge in [-0.1, -0.05) is 65.3 Å².